The van der Waals surface area contributed by atoms with Crippen molar-refractivity contribution in [1.82, 2.24) is 4.90 Å². The molecule has 6 rings (SSSR count). The van der Waals surface area contributed by atoms with Gasteiger partial charge in [0.25, 0.3) is 11.8 Å². The summed E-state index contributed by atoms with van der Waals surface area (Å²) in [6.45, 7) is 0. The lowest BCUT2D eigenvalue weighted by atomic mass is 9.56. The topological polar surface area (TPSA) is 151 Å². The van der Waals surface area contributed by atoms with Crippen LogP contribution in [-0.2, 0) is 19.2 Å². The molecule has 4 amide bonds. The number of carbonyl (C=O) groups excluding carboxylic acids is 4. The lowest BCUT2D eigenvalue weighted by Gasteiger charge is -2.51. The number of ether oxygens (including phenoxy) is 2. The van der Waals surface area contributed by atoms with Gasteiger partial charge < -0.3 is 19.7 Å². The Morgan fingerprint density at radius 2 is 1.63 bits per heavy atom. The average molecular weight is 629 g/mol. The Labute approximate surface area is 255 Å². The zero-order chi connectivity index (χ0) is 31.2. The Bertz CT molecular complexity index is 1650. The van der Waals surface area contributed by atoms with Gasteiger partial charge in [0.1, 0.15) is 17.2 Å². The highest BCUT2D eigenvalue weighted by atomic mass is 35.5. The van der Waals surface area contributed by atoms with Crippen LogP contribution in [0.3, 0.4) is 0 Å². The van der Waals surface area contributed by atoms with Crippen LogP contribution in [0.1, 0.15) is 34.7 Å². The number of carboxylic acid groups (broad SMARTS) is 1. The number of benzene rings is 2. The van der Waals surface area contributed by atoms with Gasteiger partial charge in [-0.3, -0.25) is 29.0 Å². The van der Waals surface area contributed by atoms with Crippen molar-refractivity contribution in [2.24, 2.45) is 17.8 Å². The monoisotopic (exact) mass is 628 g/mol. The molecule has 2 aliphatic carbocycles. The first kappa shape index (κ1) is 29.0. The van der Waals surface area contributed by atoms with Gasteiger partial charge in [-0.25, -0.2) is 4.79 Å². The number of likely N-dealkylation sites (tertiary alicyclic amines) is 1. The third-order valence-corrected chi connectivity index (χ3v) is 10.6. The van der Waals surface area contributed by atoms with Crippen LogP contribution in [-0.4, -0.2) is 75.7 Å². The van der Waals surface area contributed by atoms with Crippen LogP contribution in [0.5, 0.6) is 17.2 Å². The number of halogens is 2. The first-order valence-electron chi connectivity index (χ1n) is 13.4. The average Bonchev–Trinajstić information content (AvgIpc) is 3.31. The number of nitrogens with zero attached hydrogens (tertiary/aromatic N) is 2. The summed E-state index contributed by atoms with van der Waals surface area (Å²) in [5.41, 5.74) is 0.769. The fourth-order valence-electron chi connectivity index (χ4n) is 7.30. The van der Waals surface area contributed by atoms with Crippen LogP contribution in [0, 0.1) is 17.8 Å². The number of rotatable bonds is 5. The number of aromatic hydroxyl groups is 1. The minimum absolute atomic E-state index is 0.0965. The third kappa shape index (κ3) is 3.70. The van der Waals surface area contributed by atoms with Crippen LogP contribution < -0.4 is 14.4 Å². The highest BCUT2D eigenvalue weighted by Gasteiger charge is 2.76. The maximum atomic E-state index is 14.1. The van der Waals surface area contributed by atoms with E-state index in [0.29, 0.717) is 5.57 Å². The molecular formula is C30H26Cl2N2O9. The molecule has 3 fully saturated rings. The van der Waals surface area contributed by atoms with Gasteiger partial charge in [0.2, 0.25) is 11.8 Å². The molecule has 13 heteroatoms. The quantitative estimate of drug-likeness (QED) is 0.289. The molecule has 4 aliphatic rings. The number of amides is 4. The molecule has 6 atom stereocenters. The van der Waals surface area contributed by atoms with Crippen molar-refractivity contribution in [3.05, 3.63) is 59.2 Å². The molecule has 2 aromatic carbocycles. The van der Waals surface area contributed by atoms with E-state index in [0.717, 1.165) is 9.80 Å². The normalized spacial score (nSPS) is 31.4. The fourth-order valence-corrected chi connectivity index (χ4v) is 8.31. The Morgan fingerprint density at radius 3 is 2.23 bits per heavy atom. The fraction of sp³-hybridized carbons (Fsp3) is 0.367. The molecular weight excluding hydrogens is 603 g/mol. The predicted octanol–water partition coefficient (Wildman–Crippen LogP) is 3.30. The first-order chi connectivity index (χ1) is 20.3. The molecule has 2 aromatic rings. The summed E-state index contributed by atoms with van der Waals surface area (Å²) >= 11 is 14.4. The van der Waals surface area contributed by atoms with Crippen molar-refractivity contribution in [2.75, 3.05) is 26.2 Å². The largest absolute Gasteiger partial charge is 0.508 e. The molecule has 2 N–H and O–H groups in total. The zero-order valence-corrected chi connectivity index (χ0v) is 24.7. The standard InChI is InChI=1S/C30H26Cl2N2O9/c1-33-27(40)29(31)12-18-16(23(30(29,32)28(33)41)22-19(42-2)10-15(35)11-20(22)43-3)7-8-17-21(18)25(37)34(24(17)36)14-6-4-5-13(9-14)26(38)39/h4-7,9-11,17-18,21,23,35H,8,12H2,1-3H3,(H,38,39)/t17-,18+,21-,23+,29+,30-/m0/s1. The second-order valence-electron chi connectivity index (χ2n) is 11.1. The van der Waals surface area contributed by atoms with Crippen molar-refractivity contribution in [1.29, 1.82) is 0 Å². The number of methoxy groups -OCH3 is 2. The number of hydrogen-bond donors (Lipinski definition) is 2. The number of aromatic carboxylic acids is 1. The van der Waals surface area contributed by atoms with Crippen LogP contribution in [0.4, 0.5) is 5.69 Å². The zero-order valence-electron chi connectivity index (χ0n) is 23.2. The Morgan fingerprint density at radius 1 is 0.977 bits per heavy atom. The van der Waals surface area contributed by atoms with Crippen molar-refractivity contribution in [2.45, 2.75) is 28.5 Å². The maximum Gasteiger partial charge on any atom is 0.335 e. The predicted molar refractivity (Wildman–Crippen MR) is 153 cm³/mol. The molecule has 0 aromatic heterocycles. The minimum Gasteiger partial charge on any atom is -0.508 e. The molecule has 0 unspecified atom stereocenters. The van der Waals surface area contributed by atoms with E-state index in [1.165, 1.54) is 57.7 Å². The van der Waals surface area contributed by atoms with Crippen molar-refractivity contribution < 1.29 is 43.7 Å². The first-order valence-corrected chi connectivity index (χ1v) is 14.1. The number of hydrogen-bond acceptors (Lipinski definition) is 8. The molecule has 43 heavy (non-hydrogen) atoms. The van der Waals surface area contributed by atoms with Gasteiger partial charge >= 0.3 is 5.97 Å². The Hall–Kier alpha value is -4.09. The van der Waals surface area contributed by atoms with Crippen molar-refractivity contribution in [3.8, 4) is 17.2 Å². The lowest BCUT2D eigenvalue weighted by Crippen LogP contribution is -2.60. The van der Waals surface area contributed by atoms with Crippen molar-refractivity contribution in [3.63, 3.8) is 0 Å². The summed E-state index contributed by atoms with van der Waals surface area (Å²) < 4.78 is 11.2. The van der Waals surface area contributed by atoms with Crippen LogP contribution >= 0.6 is 23.2 Å². The van der Waals surface area contributed by atoms with Crippen LogP contribution in [0.15, 0.2) is 48.0 Å². The smallest absolute Gasteiger partial charge is 0.335 e. The van der Waals surface area contributed by atoms with Gasteiger partial charge in [-0.1, -0.05) is 17.7 Å². The molecule has 2 heterocycles. The summed E-state index contributed by atoms with van der Waals surface area (Å²) in [5.74, 6) is -7.57. The number of imide groups is 2. The molecule has 0 bridgehead atoms. The highest BCUT2D eigenvalue weighted by Crippen LogP contribution is 2.67. The van der Waals surface area contributed by atoms with Crippen LogP contribution in [0.25, 0.3) is 0 Å². The molecule has 224 valence electrons. The number of carboxylic acids is 1. The number of carbonyl (C=O) groups is 5. The minimum atomic E-state index is -2.08. The van der Waals surface area contributed by atoms with E-state index in [4.69, 9.17) is 32.7 Å². The van der Waals surface area contributed by atoms with E-state index in [1.54, 1.807) is 6.08 Å². The van der Waals surface area contributed by atoms with Gasteiger partial charge in [-0.2, -0.15) is 0 Å². The number of allylic oxidation sites excluding steroid dienone is 2. The molecule has 0 radical (unpaired) electrons. The summed E-state index contributed by atoms with van der Waals surface area (Å²) in [7, 11) is 3.99. The third-order valence-electron chi connectivity index (χ3n) is 9.18. The van der Waals surface area contributed by atoms with E-state index in [9.17, 15) is 34.2 Å². The van der Waals surface area contributed by atoms with E-state index in [-0.39, 0.29) is 46.9 Å². The maximum absolute atomic E-state index is 14.1. The molecule has 11 nitrogen and oxygen atoms in total. The summed E-state index contributed by atoms with van der Waals surface area (Å²) in [6.07, 6.45) is 1.64. The number of phenols is 1. The molecule has 2 aliphatic heterocycles. The van der Waals surface area contributed by atoms with E-state index >= 15 is 0 Å². The second-order valence-corrected chi connectivity index (χ2v) is 12.4. The van der Waals surface area contributed by atoms with E-state index < -0.39 is 63.0 Å². The summed E-state index contributed by atoms with van der Waals surface area (Å²) in [5, 5.41) is 19.8. The Kier molecular flexibility index (Phi) is 6.55. The van der Waals surface area contributed by atoms with E-state index in [2.05, 4.69) is 0 Å². The number of anilines is 1. The van der Waals surface area contributed by atoms with E-state index in [1.807, 2.05) is 0 Å². The molecule has 2 saturated heterocycles. The van der Waals surface area contributed by atoms with Gasteiger partial charge in [0.15, 0.2) is 9.75 Å². The number of phenolic OH excluding ortho intramolecular Hbond substituents is 1. The number of alkyl halides is 2. The number of fused-ring (bicyclic) bond motifs is 4. The van der Waals surface area contributed by atoms with Crippen LogP contribution in [0.2, 0.25) is 0 Å². The lowest BCUT2D eigenvalue weighted by molar-refractivity contribution is -0.138. The molecule has 0 spiro atoms. The highest BCUT2D eigenvalue weighted by molar-refractivity contribution is 6.53. The van der Waals surface area contributed by atoms with Gasteiger partial charge in [0, 0.05) is 30.7 Å². The summed E-state index contributed by atoms with van der Waals surface area (Å²) in [4.78, 5) is 64.7. The molecule has 1 saturated carbocycles. The SMILES string of the molecule is COc1cc(O)cc(OC)c1[C@H]1C2=CC[C@@H]3C(=O)N(c4cccc(C(=O)O)c4)C(=O)[C@@H]3[C@@H]2C[C@@]2(Cl)C(=O)N(C)C(=O)[C@@]12Cl. The van der Waals surface area contributed by atoms with Gasteiger partial charge in [-0.05, 0) is 37.0 Å². The summed E-state index contributed by atoms with van der Waals surface area (Å²) in [6, 6.07) is 8.15. The van der Waals surface area contributed by atoms with Crippen molar-refractivity contribution >= 4 is 58.5 Å². The van der Waals surface area contributed by atoms with Gasteiger partial charge in [0.05, 0.1) is 37.3 Å². The second kappa shape index (κ2) is 9.72. The Balaban J connectivity index is 1.55. The van der Waals surface area contributed by atoms with Gasteiger partial charge in [-0.15, -0.1) is 23.2 Å².